The summed E-state index contributed by atoms with van der Waals surface area (Å²) in [6.07, 6.45) is 3.49. The number of hydrogen-bond acceptors (Lipinski definition) is 4. The number of fused-ring (bicyclic) bond motifs is 1. The molecule has 4 heterocycles. The largest absolute Gasteiger partial charge is 0.381 e. The molecule has 0 spiro atoms. The van der Waals surface area contributed by atoms with Crippen LogP contribution < -0.4 is 15.5 Å². The quantitative estimate of drug-likeness (QED) is 0.630. The molecule has 0 aliphatic carbocycles. The molecule has 3 aromatic rings. The van der Waals surface area contributed by atoms with Crippen LogP contribution in [0.3, 0.4) is 0 Å². The molecule has 2 unspecified atom stereocenters. The average molecular weight is 416 g/mol. The van der Waals surface area contributed by atoms with Crippen LogP contribution in [0, 0.1) is 0 Å². The summed E-state index contributed by atoms with van der Waals surface area (Å²) in [5.74, 6) is 0.156. The molecule has 3 aliphatic rings. The number of hydrogen-bond donors (Lipinski definition) is 2. The lowest BCUT2D eigenvalue weighted by atomic mass is 10.1. The lowest BCUT2D eigenvalue weighted by Gasteiger charge is -2.30. The van der Waals surface area contributed by atoms with Crippen LogP contribution in [0.1, 0.15) is 54.4 Å². The number of piperidine rings is 1. The van der Waals surface area contributed by atoms with Crippen molar-refractivity contribution in [1.82, 2.24) is 9.47 Å². The number of aromatic nitrogens is 1. The second kappa shape index (κ2) is 6.94. The van der Waals surface area contributed by atoms with E-state index in [1.165, 1.54) is 28.7 Å². The summed E-state index contributed by atoms with van der Waals surface area (Å²) in [6, 6.07) is 15.3. The first-order valence-corrected chi connectivity index (χ1v) is 11.4. The molecule has 0 saturated carbocycles. The molecule has 2 atom stereocenters. The van der Waals surface area contributed by atoms with Gasteiger partial charge in [-0.1, -0.05) is 12.1 Å². The van der Waals surface area contributed by atoms with Gasteiger partial charge >= 0.3 is 0 Å². The van der Waals surface area contributed by atoms with Gasteiger partial charge in [-0.25, -0.2) is 0 Å². The fourth-order valence-corrected chi connectivity index (χ4v) is 5.51. The van der Waals surface area contributed by atoms with Gasteiger partial charge in [0.2, 0.25) is 0 Å². The fourth-order valence-electron chi connectivity index (χ4n) is 5.51. The molecule has 2 aromatic carbocycles. The van der Waals surface area contributed by atoms with E-state index in [1.54, 1.807) is 0 Å². The summed E-state index contributed by atoms with van der Waals surface area (Å²) in [5, 5.41) is 8.54. The highest BCUT2D eigenvalue weighted by molar-refractivity contribution is 5.97. The van der Waals surface area contributed by atoms with Gasteiger partial charge in [-0.2, -0.15) is 0 Å². The van der Waals surface area contributed by atoms with Gasteiger partial charge in [0.1, 0.15) is 6.17 Å². The standard InChI is InChI=1S/C25H29N5O/c1-16-15-26-19-8-6-7-17-14-22(30(16)23(17)19)24-27-20-13-18(9-10-21(20)28(24)2)25(31)29-11-4-3-5-12-29/h6-10,13-14,16,24,26-27H,3-5,11-12,15H2,1-2H3. The van der Waals surface area contributed by atoms with Gasteiger partial charge < -0.3 is 25.0 Å². The zero-order chi connectivity index (χ0) is 21.1. The molecule has 1 saturated heterocycles. The van der Waals surface area contributed by atoms with Crippen LogP contribution in [0.15, 0.2) is 42.5 Å². The van der Waals surface area contributed by atoms with Crippen molar-refractivity contribution in [3.05, 3.63) is 53.7 Å². The van der Waals surface area contributed by atoms with E-state index in [-0.39, 0.29) is 12.1 Å². The number of anilines is 3. The molecule has 6 nitrogen and oxygen atoms in total. The van der Waals surface area contributed by atoms with Crippen LogP contribution in [0.25, 0.3) is 10.9 Å². The van der Waals surface area contributed by atoms with Gasteiger partial charge in [-0.05, 0) is 56.5 Å². The Hall–Kier alpha value is -3.15. The SMILES string of the molecule is CC1CNc2cccc3cc(C4Nc5cc(C(=O)N6CCCCC6)ccc5N4C)n1c23. The second-order valence-electron chi connectivity index (χ2n) is 9.16. The van der Waals surface area contributed by atoms with Crippen molar-refractivity contribution in [2.24, 2.45) is 0 Å². The van der Waals surface area contributed by atoms with Gasteiger partial charge in [0.25, 0.3) is 5.91 Å². The third kappa shape index (κ3) is 2.81. The zero-order valence-electron chi connectivity index (χ0n) is 18.2. The number of benzene rings is 2. The molecular weight excluding hydrogens is 386 g/mol. The van der Waals surface area contributed by atoms with Crippen LogP contribution in [0.4, 0.5) is 17.1 Å². The first-order chi connectivity index (χ1) is 15.1. The van der Waals surface area contributed by atoms with Crippen molar-refractivity contribution < 1.29 is 4.79 Å². The van der Waals surface area contributed by atoms with Gasteiger partial charge in [0.15, 0.2) is 0 Å². The highest BCUT2D eigenvalue weighted by atomic mass is 16.2. The second-order valence-corrected chi connectivity index (χ2v) is 9.16. The smallest absolute Gasteiger partial charge is 0.253 e. The molecule has 160 valence electrons. The molecule has 0 bridgehead atoms. The summed E-state index contributed by atoms with van der Waals surface area (Å²) in [5.41, 5.74) is 6.70. The van der Waals surface area contributed by atoms with Gasteiger partial charge in [-0.15, -0.1) is 0 Å². The van der Waals surface area contributed by atoms with E-state index in [2.05, 4.69) is 64.4 Å². The van der Waals surface area contributed by atoms with Crippen molar-refractivity contribution in [2.45, 2.75) is 38.4 Å². The number of para-hydroxylation sites is 1. The zero-order valence-corrected chi connectivity index (χ0v) is 18.2. The van der Waals surface area contributed by atoms with Crippen molar-refractivity contribution >= 4 is 33.9 Å². The summed E-state index contributed by atoms with van der Waals surface area (Å²) in [4.78, 5) is 17.3. The number of likely N-dealkylation sites (tertiary alicyclic amines) is 1. The summed E-state index contributed by atoms with van der Waals surface area (Å²) in [6.45, 7) is 4.94. The fraction of sp³-hybridized carbons (Fsp3) is 0.400. The Balaban J connectivity index is 1.36. The van der Waals surface area contributed by atoms with E-state index >= 15 is 0 Å². The van der Waals surface area contributed by atoms with Crippen LogP contribution in [0.5, 0.6) is 0 Å². The van der Waals surface area contributed by atoms with Crippen LogP contribution in [-0.2, 0) is 0 Å². The van der Waals surface area contributed by atoms with E-state index in [0.29, 0.717) is 6.04 Å². The Morgan fingerprint density at radius 1 is 1.03 bits per heavy atom. The molecule has 2 N–H and O–H groups in total. The number of nitrogens with one attached hydrogen (secondary N) is 2. The van der Waals surface area contributed by atoms with Crippen molar-refractivity contribution in [3.8, 4) is 0 Å². The Morgan fingerprint density at radius 2 is 1.87 bits per heavy atom. The maximum absolute atomic E-state index is 13.0. The lowest BCUT2D eigenvalue weighted by Crippen LogP contribution is -2.35. The van der Waals surface area contributed by atoms with E-state index in [0.717, 1.165) is 49.4 Å². The highest BCUT2D eigenvalue weighted by Gasteiger charge is 2.33. The van der Waals surface area contributed by atoms with Crippen molar-refractivity contribution in [2.75, 3.05) is 42.2 Å². The predicted octanol–water partition coefficient (Wildman–Crippen LogP) is 4.81. The van der Waals surface area contributed by atoms with E-state index in [4.69, 9.17) is 0 Å². The number of nitrogens with zero attached hydrogens (tertiary/aromatic N) is 3. The highest BCUT2D eigenvalue weighted by Crippen LogP contribution is 2.44. The molecule has 31 heavy (non-hydrogen) atoms. The molecule has 0 radical (unpaired) electrons. The Bertz CT molecular complexity index is 1180. The third-order valence-electron chi connectivity index (χ3n) is 7.14. The monoisotopic (exact) mass is 415 g/mol. The Morgan fingerprint density at radius 3 is 2.71 bits per heavy atom. The molecule has 1 fully saturated rings. The first kappa shape index (κ1) is 18.6. The minimum absolute atomic E-state index is 0.0381. The molecule has 3 aliphatic heterocycles. The minimum atomic E-state index is 0.0381. The lowest BCUT2D eigenvalue weighted by molar-refractivity contribution is 0.0724. The van der Waals surface area contributed by atoms with Gasteiger partial charge in [0.05, 0.1) is 28.3 Å². The van der Waals surface area contributed by atoms with E-state index < -0.39 is 0 Å². The van der Waals surface area contributed by atoms with E-state index in [1.807, 2.05) is 17.0 Å². The van der Waals surface area contributed by atoms with E-state index in [9.17, 15) is 4.79 Å². The van der Waals surface area contributed by atoms with Gasteiger partial charge in [-0.3, -0.25) is 4.79 Å². The van der Waals surface area contributed by atoms with Crippen LogP contribution in [0.2, 0.25) is 0 Å². The predicted molar refractivity (Wildman–Crippen MR) is 126 cm³/mol. The Labute approximate surface area is 182 Å². The normalized spacial score (nSPS) is 22.3. The number of amides is 1. The molecular formula is C25H29N5O. The molecule has 1 amide bonds. The van der Waals surface area contributed by atoms with Crippen molar-refractivity contribution in [1.29, 1.82) is 0 Å². The third-order valence-corrected chi connectivity index (χ3v) is 7.14. The van der Waals surface area contributed by atoms with Crippen LogP contribution >= 0.6 is 0 Å². The maximum Gasteiger partial charge on any atom is 0.253 e. The molecule has 1 aromatic heterocycles. The summed E-state index contributed by atoms with van der Waals surface area (Å²) in [7, 11) is 2.13. The van der Waals surface area contributed by atoms with Crippen molar-refractivity contribution in [3.63, 3.8) is 0 Å². The van der Waals surface area contributed by atoms with Gasteiger partial charge in [0, 0.05) is 43.7 Å². The minimum Gasteiger partial charge on any atom is -0.381 e. The number of carbonyl (C=O) groups is 1. The Kier molecular flexibility index (Phi) is 4.16. The number of rotatable bonds is 2. The molecule has 6 rings (SSSR count). The van der Waals surface area contributed by atoms with Crippen LogP contribution in [-0.4, -0.2) is 42.1 Å². The maximum atomic E-state index is 13.0. The first-order valence-electron chi connectivity index (χ1n) is 11.4. The summed E-state index contributed by atoms with van der Waals surface area (Å²) < 4.78 is 2.47. The summed E-state index contributed by atoms with van der Waals surface area (Å²) >= 11 is 0. The topological polar surface area (TPSA) is 52.5 Å². The average Bonchev–Trinajstić information content (AvgIpc) is 3.35. The molecule has 6 heteroatoms. The number of carbonyl (C=O) groups excluding carboxylic acids is 1.